The summed E-state index contributed by atoms with van der Waals surface area (Å²) < 4.78 is 77.1. The summed E-state index contributed by atoms with van der Waals surface area (Å²) in [6.07, 6.45) is -11.5. The van der Waals surface area contributed by atoms with E-state index in [1.165, 1.54) is 6.07 Å². The molecular weight excluding hydrogens is 282 g/mol. The van der Waals surface area contributed by atoms with E-state index in [1.54, 1.807) is 4.98 Å². The second kappa shape index (κ2) is 4.83. The van der Waals surface area contributed by atoms with Crippen molar-refractivity contribution in [3.8, 4) is 11.8 Å². The average Bonchev–Trinajstić information content (AvgIpc) is 2.18. The summed E-state index contributed by atoms with van der Waals surface area (Å²) in [5, 5.41) is 8.34. The number of aromatic amines is 1. The van der Waals surface area contributed by atoms with Gasteiger partial charge in [0.15, 0.2) is 5.75 Å². The number of hydrogen-bond donors (Lipinski definition) is 1. The first-order chi connectivity index (χ1) is 8.54. The molecule has 19 heavy (non-hydrogen) atoms. The molecule has 0 aliphatic carbocycles. The fourth-order valence-corrected chi connectivity index (χ4v) is 1.25. The van der Waals surface area contributed by atoms with Crippen LogP contribution in [0.5, 0.6) is 5.75 Å². The molecule has 0 bridgehead atoms. The Hall–Kier alpha value is -2.18. The summed E-state index contributed by atoms with van der Waals surface area (Å²) in [5.74, 6) is -1.62. The van der Waals surface area contributed by atoms with Gasteiger partial charge in [-0.3, -0.25) is 4.79 Å². The molecule has 104 valence electrons. The standard InChI is InChI=1S/C9H4F6N2O2/c10-8(11,12)4-3-6(18)17-5(1-2-16)7(4)19-9(13,14)15/h3H,1H2,(H,17,18). The van der Waals surface area contributed by atoms with Gasteiger partial charge in [0.05, 0.1) is 18.2 Å². The second-order valence-electron chi connectivity index (χ2n) is 3.24. The van der Waals surface area contributed by atoms with Gasteiger partial charge in [-0.15, -0.1) is 13.2 Å². The molecule has 4 nitrogen and oxygen atoms in total. The summed E-state index contributed by atoms with van der Waals surface area (Å²) in [6, 6.07) is 1.26. The Morgan fingerprint density at radius 3 is 2.26 bits per heavy atom. The Balaban J connectivity index is 3.53. The molecule has 1 heterocycles. The minimum Gasteiger partial charge on any atom is -0.403 e. The number of alkyl halides is 6. The van der Waals surface area contributed by atoms with Gasteiger partial charge >= 0.3 is 12.5 Å². The van der Waals surface area contributed by atoms with Gasteiger partial charge in [-0.1, -0.05) is 0 Å². The van der Waals surface area contributed by atoms with Crippen LogP contribution in [0.15, 0.2) is 10.9 Å². The summed E-state index contributed by atoms with van der Waals surface area (Å²) in [5.41, 5.74) is -4.06. The first-order valence-corrected chi connectivity index (χ1v) is 4.50. The first-order valence-electron chi connectivity index (χ1n) is 4.50. The zero-order valence-electron chi connectivity index (χ0n) is 8.82. The van der Waals surface area contributed by atoms with Gasteiger partial charge in [0.25, 0.3) is 0 Å². The van der Waals surface area contributed by atoms with Gasteiger partial charge in [0.2, 0.25) is 5.56 Å². The van der Waals surface area contributed by atoms with Gasteiger partial charge in [-0.25, -0.2) is 0 Å². The number of pyridine rings is 1. The van der Waals surface area contributed by atoms with Crippen LogP contribution in [0, 0.1) is 11.3 Å². The molecule has 0 aliphatic rings. The molecule has 0 radical (unpaired) electrons. The van der Waals surface area contributed by atoms with Crippen LogP contribution in [0.4, 0.5) is 26.3 Å². The van der Waals surface area contributed by atoms with Gasteiger partial charge in [0.1, 0.15) is 5.56 Å². The largest absolute Gasteiger partial charge is 0.573 e. The second-order valence-corrected chi connectivity index (χ2v) is 3.24. The summed E-state index contributed by atoms with van der Waals surface area (Å²) in [6.45, 7) is 0. The Kier molecular flexibility index (Phi) is 3.78. The molecule has 0 aromatic carbocycles. The Bertz CT molecular complexity index is 566. The molecule has 1 rings (SSSR count). The van der Waals surface area contributed by atoms with E-state index in [0.29, 0.717) is 0 Å². The quantitative estimate of drug-likeness (QED) is 0.849. The van der Waals surface area contributed by atoms with Crippen molar-refractivity contribution in [3.63, 3.8) is 0 Å². The van der Waals surface area contributed by atoms with Crippen molar-refractivity contribution in [2.75, 3.05) is 0 Å². The van der Waals surface area contributed by atoms with E-state index >= 15 is 0 Å². The number of nitriles is 1. The van der Waals surface area contributed by atoms with E-state index in [-0.39, 0.29) is 6.07 Å². The van der Waals surface area contributed by atoms with Gasteiger partial charge in [-0.2, -0.15) is 18.4 Å². The molecule has 0 unspecified atom stereocenters. The smallest absolute Gasteiger partial charge is 0.403 e. The number of rotatable bonds is 2. The van der Waals surface area contributed by atoms with Crippen molar-refractivity contribution in [1.82, 2.24) is 4.98 Å². The van der Waals surface area contributed by atoms with Crippen molar-refractivity contribution in [1.29, 1.82) is 5.26 Å². The zero-order valence-corrected chi connectivity index (χ0v) is 8.82. The normalized spacial score (nSPS) is 12.1. The third-order valence-corrected chi connectivity index (χ3v) is 1.85. The summed E-state index contributed by atoms with van der Waals surface area (Å²) >= 11 is 0. The molecule has 1 aromatic heterocycles. The lowest BCUT2D eigenvalue weighted by atomic mass is 10.1. The van der Waals surface area contributed by atoms with E-state index in [4.69, 9.17) is 5.26 Å². The van der Waals surface area contributed by atoms with Crippen molar-refractivity contribution in [3.05, 3.63) is 27.7 Å². The van der Waals surface area contributed by atoms with Gasteiger partial charge in [0, 0.05) is 6.07 Å². The van der Waals surface area contributed by atoms with E-state index in [0.717, 1.165) is 0 Å². The number of nitrogens with one attached hydrogen (secondary N) is 1. The predicted octanol–water partition coefficient (Wildman–Crippen LogP) is 2.36. The zero-order chi connectivity index (χ0) is 14.8. The van der Waals surface area contributed by atoms with Crippen molar-refractivity contribution >= 4 is 0 Å². The lowest BCUT2D eigenvalue weighted by Crippen LogP contribution is -2.24. The van der Waals surface area contributed by atoms with Crippen LogP contribution in [0.2, 0.25) is 0 Å². The molecule has 10 heteroatoms. The lowest BCUT2D eigenvalue weighted by Gasteiger charge is -2.17. The van der Waals surface area contributed by atoms with Crippen LogP contribution >= 0.6 is 0 Å². The molecule has 0 atom stereocenters. The highest BCUT2D eigenvalue weighted by Crippen LogP contribution is 2.39. The maximum atomic E-state index is 12.5. The number of nitrogens with zero attached hydrogens (tertiary/aromatic N) is 1. The SMILES string of the molecule is N#CCc1[nH]c(=O)cc(C(F)(F)F)c1OC(F)(F)F. The third kappa shape index (κ3) is 3.90. The van der Waals surface area contributed by atoms with E-state index in [1.807, 2.05) is 0 Å². The fourth-order valence-electron chi connectivity index (χ4n) is 1.25. The van der Waals surface area contributed by atoms with Crippen molar-refractivity contribution < 1.29 is 31.1 Å². The van der Waals surface area contributed by atoms with Gasteiger partial charge in [-0.05, 0) is 0 Å². The molecule has 0 aliphatic heterocycles. The predicted molar refractivity (Wildman–Crippen MR) is 48.1 cm³/mol. The van der Waals surface area contributed by atoms with Gasteiger partial charge < -0.3 is 9.72 Å². The minimum atomic E-state index is -5.39. The van der Waals surface area contributed by atoms with Crippen LogP contribution < -0.4 is 10.3 Å². The van der Waals surface area contributed by atoms with E-state index in [9.17, 15) is 31.1 Å². The number of H-pyrrole nitrogens is 1. The Labute approximate surface area is 101 Å². The molecule has 0 amide bonds. The monoisotopic (exact) mass is 286 g/mol. The number of ether oxygens (including phenoxy) is 1. The highest BCUT2D eigenvalue weighted by molar-refractivity contribution is 5.40. The summed E-state index contributed by atoms with van der Waals surface area (Å²) in [7, 11) is 0. The average molecular weight is 286 g/mol. The van der Waals surface area contributed by atoms with E-state index in [2.05, 4.69) is 4.74 Å². The molecule has 0 saturated carbocycles. The maximum absolute atomic E-state index is 12.5. The van der Waals surface area contributed by atoms with Crippen LogP contribution in [0.25, 0.3) is 0 Å². The highest BCUT2D eigenvalue weighted by Gasteiger charge is 2.41. The van der Waals surface area contributed by atoms with Crippen LogP contribution in [-0.2, 0) is 12.6 Å². The van der Waals surface area contributed by atoms with Crippen LogP contribution in [0.1, 0.15) is 11.3 Å². The van der Waals surface area contributed by atoms with Crippen LogP contribution in [-0.4, -0.2) is 11.3 Å². The fraction of sp³-hybridized carbons (Fsp3) is 0.333. The summed E-state index contributed by atoms with van der Waals surface area (Å²) in [4.78, 5) is 12.7. The molecule has 0 fully saturated rings. The highest BCUT2D eigenvalue weighted by atomic mass is 19.4. The topological polar surface area (TPSA) is 65.9 Å². The lowest BCUT2D eigenvalue weighted by molar-refractivity contribution is -0.276. The first kappa shape index (κ1) is 14.9. The minimum absolute atomic E-state index is 0.0675. The number of aromatic nitrogens is 1. The van der Waals surface area contributed by atoms with Crippen molar-refractivity contribution in [2.24, 2.45) is 0 Å². The van der Waals surface area contributed by atoms with Crippen molar-refractivity contribution in [2.45, 2.75) is 19.0 Å². The Morgan fingerprint density at radius 2 is 1.84 bits per heavy atom. The van der Waals surface area contributed by atoms with E-state index < -0.39 is 41.5 Å². The molecule has 0 spiro atoms. The molecule has 1 aromatic rings. The Morgan fingerprint density at radius 1 is 1.26 bits per heavy atom. The maximum Gasteiger partial charge on any atom is 0.573 e. The molecular formula is C9H4F6N2O2. The van der Waals surface area contributed by atoms with Crippen LogP contribution in [0.3, 0.4) is 0 Å². The third-order valence-electron chi connectivity index (χ3n) is 1.85. The molecule has 0 saturated heterocycles. The number of hydrogen-bond acceptors (Lipinski definition) is 3. The number of halogens is 6. The molecule has 1 N–H and O–H groups in total.